The van der Waals surface area contributed by atoms with E-state index in [4.69, 9.17) is 4.74 Å². The molecule has 2 aliphatic carbocycles. The second kappa shape index (κ2) is 2.71. The molecular weight excluding hydrogens is 200 g/mol. The summed E-state index contributed by atoms with van der Waals surface area (Å²) in [6.07, 6.45) is 5.18. The van der Waals surface area contributed by atoms with E-state index >= 15 is 0 Å². The van der Waals surface area contributed by atoms with Crippen LogP contribution in [0.5, 0.6) is 0 Å². The highest BCUT2D eigenvalue weighted by Crippen LogP contribution is 2.41. The van der Waals surface area contributed by atoms with Gasteiger partial charge in [-0.05, 0) is 17.6 Å². The van der Waals surface area contributed by atoms with E-state index in [0.717, 1.165) is 28.7 Å². The van der Waals surface area contributed by atoms with Gasteiger partial charge in [0.15, 0.2) is 5.78 Å². The van der Waals surface area contributed by atoms with Gasteiger partial charge in [-0.2, -0.15) is 0 Å². The number of rotatable bonds is 0. The molecule has 2 heteroatoms. The minimum atomic E-state index is 0.0425. The first-order valence-electron chi connectivity index (χ1n) is 5.54. The van der Waals surface area contributed by atoms with Crippen molar-refractivity contribution < 1.29 is 9.53 Å². The average Bonchev–Trinajstić information content (AvgIpc) is 3.08. The molecule has 1 aliphatic heterocycles. The van der Waals surface area contributed by atoms with Crippen LogP contribution in [-0.4, -0.2) is 18.0 Å². The van der Waals surface area contributed by atoms with E-state index in [1.54, 1.807) is 0 Å². The number of benzene rings is 1. The minimum Gasteiger partial charge on any atom is -0.360 e. The zero-order valence-electron chi connectivity index (χ0n) is 8.64. The highest BCUT2D eigenvalue weighted by Gasteiger charge is 2.47. The number of ketones is 1. The number of hydrogen-bond donors (Lipinski definition) is 0. The summed E-state index contributed by atoms with van der Waals surface area (Å²) in [5, 5.41) is 0. The van der Waals surface area contributed by atoms with Crippen molar-refractivity contribution in [2.75, 3.05) is 0 Å². The molecular formula is C14H10O2. The number of allylic oxidation sites excluding steroid dienone is 2. The number of Topliss-reactive ketones (excluding diaryl/α,β-unsaturated/α-hetero) is 1. The molecule has 0 amide bonds. The van der Waals surface area contributed by atoms with Crippen LogP contribution in [0.3, 0.4) is 0 Å². The maximum Gasteiger partial charge on any atom is 0.192 e. The molecule has 0 saturated carbocycles. The molecule has 1 aromatic rings. The third kappa shape index (κ3) is 0.973. The lowest BCUT2D eigenvalue weighted by molar-refractivity contribution is 0.102. The maximum absolute atomic E-state index is 12.3. The topological polar surface area (TPSA) is 29.6 Å². The molecule has 0 N–H and O–H groups in total. The first-order valence-corrected chi connectivity index (χ1v) is 5.54. The van der Waals surface area contributed by atoms with Gasteiger partial charge in [0, 0.05) is 11.1 Å². The number of carbonyl (C=O) groups excluding carboxylic acids is 1. The first-order chi connectivity index (χ1) is 7.84. The van der Waals surface area contributed by atoms with Crippen molar-refractivity contribution in [3.05, 3.63) is 58.7 Å². The van der Waals surface area contributed by atoms with Gasteiger partial charge in [0.25, 0.3) is 0 Å². The monoisotopic (exact) mass is 210 g/mol. The highest BCUT2D eigenvalue weighted by molar-refractivity contribution is 6.13. The predicted molar refractivity (Wildman–Crippen MR) is 59.3 cm³/mol. The van der Waals surface area contributed by atoms with E-state index in [9.17, 15) is 4.79 Å². The Bertz CT molecular complexity index is 566. The van der Waals surface area contributed by atoms with Gasteiger partial charge in [-0.25, -0.2) is 0 Å². The Hall–Kier alpha value is -1.67. The van der Waals surface area contributed by atoms with Crippen molar-refractivity contribution in [3.63, 3.8) is 0 Å². The van der Waals surface area contributed by atoms with Crippen molar-refractivity contribution >= 4 is 5.78 Å². The van der Waals surface area contributed by atoms with E-state index in [-0.39, 0.29) is 18.0 Å². The molecule has 0 radical (unpaired) electrons. The van der Waals surface area contributed by atoms with Crippen LogP contribution in [-0.2, 0) is 11.2 Å². The summed E-state index contributed by atoms with van der Waals surface area (Å²) in [5.41, 5.74) is 4.02. The molecule has 1 saturated heterocycles. The highest BCUT2D eigenvalue weighted by atomic mass is 16.6. The molecule has 2 unspecified atom stereocenters. The van der Waals surface area contributed by atoms with Crippen molar-refractivity contribution in [1.29, 1.82) is 0 Å². The molecule has 0 bridgehead atoms. The quantitative estimate of drug-likeness (QED) is 0.613. The maximum atomic E-state index is 12.3. The van der Waals surface area contributed by atoms with E-state index in [0.29, 0.717) is 0 Å². The summed E-state index contributed by atoms with van der Waals surface area (Å²) in [5.74, 6) is 0.161. The molecule has 1 aromatic carbocycles. The summed E-state index contributed by atoms with van der Waals surface area (Å²) in [6, 6.07) is 7.86. The van der Waals surface area contributed by atoms with E-state index < -0.39 is 0 Å². The van der Waals surface area contributed by atoms with Crippen LogP contribution in [0.2, 0.25) is 0 Å². The van der Waals surface area contributed by atoms with Gasteiger partial charge in [-0.1, -0.05) is 36.4 Å². The summed E-state index contributed by atoms with van der Waals surface area (Å²) in [7, 11) is 0. The van der Waals surface area contributed by atoms with E-state index in [1.807, 2.05) is 24.3 Å². The molecule has 2 atom stereocenters. The molecule has 78 valence electrons. The van der Waals surface area contributed by atoms with Crippen LogP contribution in [0.4, 0.5) is 0 Å². The lowest BCUT2D eigenvalue weighted by atomic mass is 9.81. The standard InChI is InChI=1S/C14H10O2/c15-13-10-4-2-1-3-8(10)7-9-5-6-11-14(16-11)12(9)13/h1-6,11,14H,7H2. The Morgan fingerprint density at radius 3 is 3.06 bits per heavy atom. The van der Waals surface area contributed by atoms with Crippen molar-refractivity contribution in [2.24, 2.45) is 0 Å². The first kappa shape index (κ1) is 8.48. The fourth-order valence-electron chi connectivity index (χ4n) is 2.66. The number of ether oxygens (including phenoxy) is 1. The number of hydrogen-bond acceptors (Lipinski definition) is 2. The van der Waals surface area contributed by atoms with Crippen molar-refractivity contribution in [1.82, 2.24) is 0 Å². The summed E-state index contributed by atoms with van der Waals surface area (Å²) in [4.78, 5) is 12.3. The SMILES string of the molecule is O=C1C2=C(C=CC3OC23)Cc2ccccc21. The fourth-order valence-corrected chi connectivity index (χ4v) is 2.66. The third-order valence-electron chi connectivity index (χ3n) is 3.53. The predicted octanol–water partition coefficient (Wildman–Crippen LogP) is 2.06. The van der Waals surface area contributed by atoms with Crippen LogP contribution in [0.1, 0.15) is 15.9 Å². The van der Waals surface area contributed by atoms with E-state index in [1.165, 1.54) is 0 Å². The number of epoxide rings is 1. The van der Waals surface area contributed by atoms with Gasteiger partial charge >= 0.3 is 0 Å². The van der Waals surface area contributed by atoms with Crippen molar-refractivity contribution in [3.8, 4) is 0 Å². The summed E-state index contributed by atoms with van der Waals surface area (Å²) in [6.45, 7) is 0. The van der Waals surface area contributed by atoms with Crippen LogP contribution in [0.15, 0.2) is 47.6 Å². The van der Waals surface area contributed by atoms with Gasteiger partial charge in [-0.15, -0.1) is 0 Å². The third-order valence-corrected chi connectivity index (χ3v) is 3.53. The molecule has 3 aliphatic rings. The van der Waals surface area contributed by atoms with Gasteiger partial charge in [0.2, 0.25) is 0 Å². The van der Waals surface area contributed by atoms with Crippen molar-refractivity contribution in [2.45, 2.75) is 18.6 Å². The summed E-state index contributed by atoms with van der Waals surface area (Å²) < 4.78 is 5.47. The molecule has 1 heterocycles. The Morgan fingerprint density at radius 1 is 1.25 bits per heavy atom. The number of carbonyl (C=O) groups is 1. The largest absolute Gasteiger partial charge is 0.360 e. The van der Waals surface area contributed by atoms with Gasteiger partial charge in [0.1, 0.15) is 12.2 Å². The zero-order valence-corrected chi connectivity index (χ0v) is 8.64. The van der Waals surface area contributed by atoms with Crippen LogP contribution < -0.4 is 0 Å². The smallest absolute Gasteiger partial charge is 0.192 e. The van der Waals surface area contributed by atoms with Gasteiger partial charge < -0.3 is 4.74 Å². The molecule has 2 nitrogen and oxygen atoms in total. The second-order valence-corrected chi connectivity index (χ2v) is 4.48. The van der Waals surface area contributed by atoms with Crippen LogP contribution in [0.25, 0.3) is 0 Å². The summed E-state index contributed by atoms with van der Waals surface area (Å²) >= 11 is 0. The number of fused-ring (bicyclic) bond motifs is 3. The molecule has 0 spiro atoms. The molecule has 4 rings (SSSR count). The van der Waals surface area contributed by atoms with Crippen LogP contribution >= 0.6 is 0 Å². The van der Waals surface area contributed by atoms with E-state index in [2.05, 4.69) is 12.2 Å². The molecule has 16 heavy (non-hydrogen) atoms. The van der Waals surface area contributed by atoms with Gasteiger partial charge in [-0.3, -0.25) is 4.79 Å². The molecule has 0 aromatic heterocycles. The zero-order chi connectivity index (χ0) is 10.7. The Kier molecular flexibility index (Phi) is 1.44. The average molecular weight is 210 g/mol. The minimum absolute atomic E-state index is 0.0425. The molecule has 1 fully saturated rings. The lowest BCUT2D eigenvalue weighted by Gasteiger charge is -2.20. The Balaban J connectivity index is 1.91. The lowest BCUT2D eigenvalue weighted by Crippen LogP contribution is -2.21. The Labute approximate surface area is 93.2 Å². The Morgan fingerprint density at radius 2 is 2.12 bits per heavy atom. The fraction of sp³-hybridized carbons (Fsp3) is 0.214. The van der Waals surface area contributed by atoms with Crippen LogP contribution in [0, 0.1) is 0 Å². The normalized spacial score (nSPS) is 29.6. The van der Waals surface area contributed by atoms with Gasteiger partial charge in [0.05, 0.1) is 0 Å². The second-order valence-electron chi connectivity index (χ2n) is 4.48.